The molecule has 0 aromatic heterocycles. The zero-order valence-corrected chi connectivity index (χ0v) is 11.0. The smallest absolute Gasteiger partial charge is 0.227 e. The SMILES string of the molecule is CC1CCC(C)N(C(=O)C2CC3CCC2N3)C1. The predicted molar refractivity (Wildman–Crippen MR) is 67.6 cm³/mol. The van der Waals surface area contributed by atoms with E-state index in [0.29, 0.717) is 30.0 Å². The molecule has 2 bridgehead atoms. The minimum atomic E-state index is 0.279. The summed E-state index contributed by atoms with van der Waals surface area (Å²) in [5, 5.41) is 3.58. The first-order valence-electron chi connectivity index (χ1n) is 7.21. The largest absolute Gasteiger partial charge is 0.339 e. The van der Waals surface area contributed by atoms with Crippen LogP contribution in [0.15, 0.2) is 0 Å². The van der Waals surface area contributed by atoms with Gasteiger partial charge in [0.2, 0.25) is 5.91 Å². The monoisotopic (exact) mass is 236 g/mol. The van der Waals surface area contributed by atoms with Crippen molar-refractivity contribution in [2.75, 3.05) is 6.54 Å². The van der Waals surface area contributed by atoms with Crippen molar-refractivity contribution >= 4 is 5.91 Å². The molecular formula is C14H24N2O. The summed E-state index contributed by atoms with van der Waals surface area (Å²) in [6.45, 7) is 5.46. The molecule has 3 aliphatic rings. The van der Waals surface area contributed by atoms with Crippen LogP contribution in [-0.4, -0.2) is 35.5 Å². The van der Waals surface area contributed by atoms with E-state index in [0.717, 1.165) is 13.0 Å². The number of fused-ring (bicyclic) bond motifs is 2. The third kappa shape index (κ3) is 1.99. The fraction of sp³-hybridized carbons (Fsp3) is 0.929. The summed E-state index contributed by atoms with van der Waals surface area (Å²) in [7, 11) is 0. The number of carbonyl (C=O) groups is 1. The van der Waals surface area contributed by atoms with E-state index in [1.165, 1.54) is 25.7 Å². The van der Waals surface area contributed by atoms with Gasteiger partial charge in [-0.05, 0) is 44.9 Å². The van der Waals surface area contributed by atoms with Crippen LogP contribution in [0.25, 0.3) is 0 Å². The Labute approximate surface area is 104 Å². The van der Waals surface area contributed by atoms with Crippen molar-refractivity contribution in [2.45, 2.75) is 64.1 Å². The molecule has 0 aromatic carbocycles. The van der Waals surface area contributed by atoms with Crippen LogP contribution < -0.4 is 5.32 Å². The number of carbonyl (C=O) groups excluding carboxylic acids is 1. The quantitative estimate of drug-likeness (QED) is 0.752. The molecule has 3 fully saturated rings. The van der Waals surface area contributed by atoms with Gasteiger partial charge in [0.1, 0.15) is 0 Å². The second kappa shape index (κ2) is 4.27. The van der Waals surface area contributed by atoms with E-state index < -0.39 is 0 Å². The van der Waals surface area contributed by atoms with Crippen molar-refractivity contribution in [1.29, 1.82) is 0 Å². The fourth-order valence-electron chi connectivity index (χ4n) is 3.91. The Hall–Kier alpha value is -0.570. The van der Waals surface area contributed by atoms with Crippen molar-refractivity contribution in [3.63, 3.8) is 0 Å². The summed E-state index contributed by atoms with van der Waals surface area (Å²) in [5.74, 6) is 1.40. The van der Waals surface area contributed by atoms with Crippen molar-refractivity contribution < 1.29 is 4.79 Å². The highest BCUT2D eigenvalue weighted by Crippen LogP contribution is 2.35. The van der Waals surface area contributed by atoms with Gasteiger partial charge in [-0.2, -0.15) is 0 Å². The lowest BCUT2D eigenvalue weighted by molar-refractivity contribution is -0.140. The van der Waals surface area contributed by atoms with Crippen LogP contribution in [-0.2, 0) is 4.79 Å². The number of rotatable bonds is 1. The highest BCUT2D eigenvalue weighted by molar-refractivity contribution is 5.80. The number of nitrogens with zero attached hydrogens (tertiary/aromatic N) is 1. The van der Waals surface area contributed by atoms with Gasteiger partial charge < -0.3 is 10.2 Å². The molecular weight excluding hydrogens is 212 g/mol. The van der Waals surface area contributed by atoms with E-state index in [1.807, 2.05) is 0 Å². The van der Waals surface area contributed by atoms with E-state index in [-0.39, 0.29) is 5.92 Å². The van der Waals surface area contributed by atoms with E-state index in [9.17, 15) is 4.79 Å². The Balaban J connectivity index is 1.69. The number of piperidine rings is 1. The molecule has 3 aliphatic heterocycles. The van der Waals surface area contributed by atoms with E-state index >= 15 is 0 Å². The van der Waals surface area contributed by atoms with Gasteiger partial charge in [-0.25, -0.2) is 0 Å². The fourth-order valence-corrected chi connectivity index (χ4v) is 3.91. The third-order valence-corrected chi connectivity index (χ3v) is 5.02. The van der Waals surface area contributed by atoms with Crippen LogP contribution in [0.3, 0.4) is 0 Å². The van der Waals surface area contributed by atoms with Crippen LogP contribution in [0.2, 0.25) is 0 Å². The highest BCUT2D eigenvalue weighted by Gasteiger charge is 2.45. The van der Waals surface area contributed by atoms with Gasteiger partial charge in [-0.3, -0.25) is 4.79 Å². The molecule has 3 saturated heterocycles. The minimum Gasteiger partial charge on any atom is -0.339 e. The standard InChI is InChI=1S/C14H24N2O/c1-9-3-4-10(2)16(8-9)14(17)12-7-11-5-6-13(12)15-11/h9-13,15H,3-8H2,1-2H3. The lowest BCUT2D eigenvalue weighted by Gasteiger charge is -2.39. The Morgan fingerprint density at radius 1 is 1.18 bits per heavy atom. The zero-order valence-electron chi connectivity index (χ0n) is 11.0. The molecule has 17 heavy (non-hydrogen) atoms. The maximum Gasteiger partial charge on any atom is 0.227 e. The Kier molecular flexibility index (Phi) is 2.89. The van der Waals surface area contributed by atoms with Crippen LogP contribution >= 0.6 is 0 Å². The maximum absolute atomic E-state index is 12.6. The number of nitrogens with one attached hydrogen (secondary N) is 1. The average molecular weight is 236 g/mol. The highest BCUT2D eigenvalue weighted by atomic mass is 16.2. The van der Waals surface area contributed by atoms with Gasteiger partial charge in [0.25, 0.3) is 0 Å². The van der Waals surface area contributed by atoms with Crippen LogP contribution in [0.1, 0.15) is 46.0 Å². The zero-order chi connectivity index (χ0) is 12.0. The number of hydrogen-bond acceptors (Lipinski definition) is 2. The first-order valence-corrected chi connectivity index (χ1v) is 7.21. The molecule has 3 heterocycles. The van der Waals surface area contributed by atoms with E-state index in [1.54, 1.807) is 0 Å². The molecule has 0 spiro atoms. The number of likely N-dealkylation sites (tertiary alicyclic amines) is 1. The van der Waals surface area contributed by atoms with Crippen LogP contribution in [0.4, 0.5) is 0 Å². The van der Waals surface area contributed by atoms with Crippen molar-refractivity contribution in [3.05, 3.63) is 0 Å². The molecule has 1 amide bonds. The normalized spacial score (nSPS) is 45.3. The van der Waals surface area contributed by atoms with Gasteiger partial charge in [0.15, 0.2) is 0 Å². The molecule has 0 aliphatic carbocycles. The molecule has 3 heteroatoms. The minimum absolute atomic E-state index is 0.279. The predicted octanol–water partition coefficient (Wildman–Crippen LogP) is 1.77. The summed E-state index contributed by atoms with van der Waals surface area (Å²) in [5.41, 5.74) is 0. The molecule has 0 aromatic rings. The summed E-state index contributed by atoms with van der Waals surface area (Å²) in [6, 6.07) is 1.57. The molecule has 0 saturated carbocycles. The van der Waals surface area contributed by atoms with Gasteiger partial charge in [-0.1, -0.05) is 6.92 Å². The van der Waals surface area contributed by atoms with Gasteiger partial charge in [-0.15, -0.1) is 0 Å². The lowest BCUT2D eigenvalue weighted by atomic mass is 9.86. The third-order valence-electron chi connectivity index (χ3n) is 5.02. The molecule has 3 rings (SSSR count). The van der Waals surface area contributed by atoms with Crippen molar-refractivity contribution in [1.82, 2.24) is 10.2 Å². The second-order valence-corrected chi connectivity index (χ2v) is 6.41. The topological polar surface area (TPSA) is 32.3 Å². The molecule has 3 nitrogen and oxygen atoms in total. The molecule has 5 atom stereocenters. The Morgan fingerprint density at radius 2 is 2.00 bits per heavy atom. The summed E-state index contributed by atoms with van der Waals surface area (Å²) in [6.07, 6.45) is 6.03. The first-order chi connectivity index (χ1) is 8.15. The molecule has 1 N–H and O–H groups in total. The van der Waals surface area contributed by atoms with Crippen molar-refractivity contribution in [3.8, 4) is 0 Å². The van der Waals surface area contributed by atoms with Gasteiger partial charge in [0, 0.05) is 24.7 Å². The van der Waals surface area contributed by atoms with E-state index in [4.69, 9.17) is 0 Å². The second-order valence-electron chi connectivity index (χ2n) is 6.41. The summed E-state index contributed by atoms with van der Waals surface area (Å²) in [4.78, 5) is 14.8. The number of hydrogen-bond donors (Lipinski definition) is 1. The van der Waals surface area contributed by atoms with Gasteiger partial charge in [0.05, 0.1) is 5.92 Å². The van der Waals surface area contributed by atoms with E-state index in [2.05, 4.69) is 24.1 Å². The first kappa shape index (κ1) is 11.5. The van der Waals surface area contributed by atoms with Crippen molar-refractivity contribution in [2.24, 2.45) is 11.8 Å². The van der Waals surface area contributed by atoms with Gasteiger partial charge >= 0.3 is 0 Å². The van der Waals surface area contributed by atoms with Crippen LogP contribution in [0.5, 0.6) is 0 Å². The molecule has 0 radical (unpaired) electrons. The Bertz CT molecular complexity index is 317. The summed E-state index contributed by atoms with van der Waals surface area (Å²) >= 11 is 0. The van der Waals surface area contributed by atoms with Crippen LogP contribution in [0, 0.1) is 11.8 Å². The Morgan fingerprint density at radius 3 is 2.65 bits per heavy atom. The maximum atomic E-state index is 12.6. The molecule has 5 unspecified atom stereocenters. The lowest BCUT2D eigenvalue weighted by Crippen LogP contribution is -2.49. The average Bonchev–Trinajstić information content (AvgIpc) is 2.93. The molecule has 96 valence electrons. The summed E-state index contributed by atoms with van der Waals surface area (Å²) < 4.78 is 0. The number of amides is 1.